The molecule has 7 heteroatoms. The van der Waals surface area contributed by atoms with Gasteiger partial charge in [0.2, 0.25) is 0 Å². The lowest BCUT2D eigenvalue weighted by Crippen LogP contribution is -2.53. The summed E-state index contributed by atoms with van der Waals surface area (Å²) in [5, 5.41) is 0.379. The van der Waals surface area contributed by atoms with Crippen LogP contribution in [0.3, 0.4) is 0 Å². The number of carbonyl (C=O) groups excluding carboxylic acids is 1. The van der Waals surface area contributed by atoms with Crippen molar-refractivity contribution < 1.29 is 9.53 Å². The molecule has 0 aromatic heterocycles. The molecule has 2 aliphatic rings. The smallest absolute Gasteiger partial charge is 0.255 e. The third-order valence-electron chi connectivity index (χ3n) is 5.36. The van der Waals surface area contributed by atoms with Crippen molar-refractivity contribution in [1.82, 2.24) is 14.7 Å². The number of methoxy groups -OCH3 is 1. The van der Waals surface area contributed by atoms with E-state index >= 15 is 0 Å². The number of hydrogen-bond donors (Lipinski definition) is 1. The number of hydrogen-bond acceptors (Lipinski definition) is 5. The Labute approximate surface area is 154 Å². The third kappa shape index (κ3) is 4.02. The Morgan fingerprint density at radius 2 is 1.80 bits per heavy atom. The van der Waals surface area contributed by atoms with E-state index in [4.69, 9.17) is 22.1 Å². The monoisotopic (exact) mass is 366 g/mol. The molecule has 1 aromatic rings. The number of piperidine rings is 1. The van der Waals surface area contributed by atoms with Crippen LogP contribution in [-0.4, -0.2) is 80.1 Å². The summed E-state index contributed by atoms with van der Waals surface area (Å²) in [7, 11) is 3.71. The number of amides is 1. The summed E-state index contributed by atoms with van der Waals surface area (Å²) in [6.45, 7) is 6.02. The first-order valence-corrected chi connectivity index (χ1v) is 9.22. The molecule has 0 aliphatic carbocycles. The maximum absolute atomic E-state index is 12.9. The first-order valence-electron chi connectivity index (χ1n) is 8.84. The van der Waals surface area contributed by atoms with Crippen LogP contribution in [0.25, 0.3) is 0 Å². The second-order valence-electron chi connectivity index (χ2n) is 6.94. The molecule has 2 saturated heterocycles. The van der Waals surface area contributed by atoms with Crippen LogP contribution in [0.1, 0.15) is 23.2 Å². The van der Waals surface area contributed by atoms with Crippen molar-refractivity contribution in [3.8, 4) is 5.75 Å². The zero-order valence-corrected chi connectivity index (χ0v) is 15.8. The molecule has 25 heavy (non-hydrogen) atoms. The van der Waals surface area contributed by atoms with Gasteiger partial charge in [0.05, 0.1) is 23.4 Å². The number of likely N-dealkylation sites (N-methyl/N-ethyl adjacent to an activating group) is 1. The summed E-state index contributed by atoms with van der Waals surface area (Å²) < 4.78 is 5.22. The van der Waals surface area contributed by atoms with Crippen molar-refractivity contribution in [2.75, 3.05) is 59.2 Å². The highest BCUT2D eigenvalue weighted by molar-refractivity contribution is 6.34. The van der Waals surface area contributed by atoms with Crippen molar-refractivity contribution in [1.29, 1.82) is 0 Å². The largest absolute Gasteiger partial charge is 0.495 e. The molecule has 2 aliphatic heterocycles. The summed E-state index contributed by atoms with van der Waals surface area (Å²) in [5.74, 6) is 0.445. The lowest BCUT2D eigenvalue weighted by atomic mass is 10.0. The van der Waals surface area contributed by atoms with Crippen LogP contribution in [0.2, 0.25) is 5.02 Å². The lowest BCUT2D eigenvalue weighted by Gasteiger charge is -2.42. The topological polar surface area (TPSA) is 62.0 Å². The van der Waals surface area contributed by atoms with Gasteiger partial charge in [-0.2, -0.15) is 0 Å². The fourth-order valence-electron chi connectivity index (χ4n) is 3.70. The Kier molecular flexibility index (Phi) is 5.71. The van der Waals surface area contributed by atoms with Crippen molar-refractivity contribution in [3.63, 3.8) is 0 Å². The fourth-order valence-corrected chi connectivity index (χ4v) is 3.95. The summed E-state index contributed by atoms with van der Waals surface area (Å²) in [6.07, 6.45) is 2.03. The Bertz CT molecular complexity index is 624. The Morgan fingerprint density at radius 3 is 2.40 bits per heavy atom. The van der Waals surface area contributed by atoms with Gasteiger partial charge in [-0.25, -0.2) is 0 Å². The fraction of sp³-hybridized carbons (Fsp3) is 0.611. The van der Waals surface area contributed by atoms with E-state index < -0.39 is 0 Å². The molecule has 0 saturated carbocycles. The molecule has 2 N–H and O–H groups in total. The summed E-state index contributed by atoms with van der Waals surface area (Å²) in [6, 6.07) is 3.81. The minimum absolute atomic E-state index is 0.0415. The zero-order chi connectivity index (χ0) is 18.0. The maximum Gasteiger partial charge on any atom is 0.255 e. The second-order valence-corrected chi connectivity index (χ2v) is 7.34. The number of nitrogens with zero attached hydrogens (tertiary/aromatic N) is 3. The SMILES string of the molecule is COc1cc(C(=O)N2CCC(N3CCN(C)CC3)CC2)c(Cl)cc1N. The first kappa shape index (κ1) is 18.3. The number of rotatable bonds is 3. The number of nitrogen functional groups attached to an aromatic ring is 1. The zero-order valence-electron chi connectivity index (χ0n) is 15.0. The van der Waals surface area contributed by atoms with Crippen LogP contribution in [0.5, 0.6) is 5.75 Å². The van der Waals surface area contributed by atoms with Gasteiger partial charge in [0, 0.05) is 45.3 Å². The quantitative estimate of drug-likeness (QED) is 0.826. The number of ether oxygens (including phenoxy) is 1. The Morgan fingerprint density at radius 1 is 1.16 bits per heavy atom. The molecule has 2 heterocycles. The van der Waals surface area contributed by atoms with Gasteiger partial charge in [0.1, 0.15) is 5.75 Å². The molecular formula is C18H27ClN4O2. The Balaban J connectivity index is 1.62. The number of nitrogens with two attached hydrogens (primary N) is 1. The molecule has 3 rings (SSSR count). The average molecular weight is 367 g/mol. The van der Waals surface area contributed by atoms with E-state index in [1.807, 2.05) is 4.90 Å². The van der Waals surface area contributed by atoms with E-state index in [9.17, 15) is 4.79 Å². The van der Waals surface area contributed by atoms with Crippen molar-refractivity contribution >= 4 is 23.2 Å². The van der Waals surface area contributed by atoms with Crippen LogP contribution in [0.15, 0.2) is 12.1 Å². The highest BCUT2D eigenvalue weighted by atomic mass is 35.5. The molecule has 0 spiro atoms. The van der Waals surface area contributed by atoms with Crippen LogP contribution >= 0.6 is 11.6 Å². The number of benzene rings is 1. The van der Waals surface area contributed by atoms with E-state index in [1.54, 1.807) is 12.1 Å². The van der Waals surface area contributed by atoms with E-state index in [2.05, 4.69) is 16.8 Å². The van der Waals surface area contributed by atoms with E-state index in [0.29, 0.717) is 28.1 Å². The average Bonchev–Trinajstić information content (AvgIpc) is 2.62. The predicted molar refractivity (Wildman–Crippen MR) is 100 cm³/mol. The molecule has 0 unspecified atom stereocenters. The molecule has 6 nitrogen and oxygen atoms in total. The number of carbonyl (C=O) groups is 1. The van der Waals surface area contributed by atoms with Crippen LogP contribution in [0.4, 0.5) is 5.69 Å². The summed E-state index contributed by atoms with van der Waals surface area (Å²) in [4.78, 5) is 19.7. The lowest BCUT2D eigenvalue weighted by molar-refractivity contribution is 0.0518. The van der Waals surface area contributed by atoms with Crippen molar-refractivity contribution in [2.24, 2.45) is 0 Å². The van der Waals surface area contributed by atoms with Gasteiger partial charge in [-0.05, 0) is 32.0 Å². The highest BCUT2D eigenvalue weighted by Gasteiger charge is 2.29. The van der Waals surface area contributed by atoms with Gasteiger partial charge >= 0.3 is 0 Å². The minimum atomic E-state index is -0.0415. The maximum atomic E-state index is 12.9. The summed E-state index contributed by atoms with van der Waals surface area (Å²) in [5.41, 5.74) is 6.75. The van der Waals surface area contributed by atoms with Gasteiger partial charge in [-0.3, -0.25) is 9.69 Å². The van der Waals surface area contributed by atoms with Gasteiger partial charge in [-0.15, -0.1) is 0 Å². The Hall–Kier alpha value is -1.50. The third-order valence-corrected chi connectivity index (χ3v) is 5.67. The van der Waals surface area contributed by atoms with Crippen molar-refractivity contribution in [3.05, 3.63) is 22.7 Å². The minimum Gasteiger partial charge on any atom is -0.495 e. The second kappa shape index (κ2) is 7.81. The highest BCUT2D eigenvalue weighted by Crippen LogP contribution is 2.30. The van der Waals surface area contributed by atoms with Crippen molar-refractivity contribution in [2.45, 2.75) is 18.9 Å². The van der Waals surface area contributed by atoms with Crippen LogP contribution in [0, 0.1) is 0 Å². The molecule has 1 amide bonds. The predicted octanol–water partition coefficient (Wildman–Crippen LogP) is 1.78. The number of likely N-dealkylation sites (tertiary alicyclic amines) is 1. The number of anilines is 1. The molecule has 0 bridgehead atoms. The molecule has 138 valence electrons. The van der Waals surface area contributed by atoms with Gasteiger partial charge in [-0.1, -0.05) is 11.6 Å². The normalized spacial score (nSPS) is 20.7. The molecule has 1 aromatic carbocycles. The van der Waals surface area contributed by atoms with Crippen LogP contribution < -0.4 is 10.5 Å². The van der Waals surface area contributed by atoms with Gasteiger partial charge in [0.25, 0.3) is 5.91 Å². The van der Waals surface area contributed by atoms with Crippen LogP contribution in [-0.2, 0) is 0 Å². The molecule has 2 fully saturated rings. The van der Waals surface area contributed by atoms with E-state index in [1.165, 1.54) is 7.11 Å². The summed E-state index contributed by atoms with van der Waals surface area (Å²) >= 11 is 6.24. The van der Waals surface area contributed by atoms with E-state index in [0.717, 1.165) is 52.1 Å². The molecule has 0 radical (unpaired) electrons. The number of piperazine rings is 1. The molecular weight excluding hydrogens is 340 g/mol. The van der Waals surface area contributed by atoms with E-state index in [-0.39, 0.29) is 5.91 Å². The van der Waals surface area contributed by atoms with Gasteiger partial charge in [0.15, 0.2) is 0 Å². The first-order chi connectivity index (χ1) is 12.0. The standard InChI is InChI=1S/C18H27ClN4O2/c1-21-7-9-22(10-8-21)13-3-5-23(6-4-13)18(24)14-11-17(25-2)16(20)12-15(14)19/h11-13H,3-10,20H2,1-2H3. The van der Waals surface area contributed by atoms with Gasteiger partial charge < -0.3 is 20.3 Å². The number of halogens is 1. The molecule has 0 atom stereocenters.